The fourth-order valence-corrected chi connectivity index (χ4v) is 7.68. The van der Waals surface area contributed by atoms with Crippen molar-refractivity contribution in [2.75, 3.05) is 19.0 Å². The first-order valence-corrected chi connectivity index (χ1v) is 26.1. The first-order chi connectivity index (χ1) is 31.0. The van der Waals surface area contributed by atoms with E-state index in [9.17, 15) is 37.9 Å². The monoisotopic (exact) mass is 923 g/mol. The predicted molar refractivity (Wildman–Crippen MR) is 256 cm³/mol. The highest BCUT2D eigenvalue weighted by Crippen LogP contribution is 2.24. The van der Waals surface area contributed by atoms with E-state index in [0.29, 0.717) is 12.8 Å². The molecule has 0 saturated carbocycles. The highest BCUT2D eigenvalue weighted by Gasteiger charge is 2.46. The van der Waals surface area contributed by atoms with Crippen LogP contribution in [0.15, 0.2) is 72.9 Å². The quantitative estimate of drug-likeness (QED) is 0.0198. The molecule has 0 amide bonds. The molecule has 1 aliphatic rings. The largest absolute Gasteiger partial charge is 0.462 e. The Morgan fingerprint density at radius 3 is 1.50 bits per heavy atom. The van der Waals surface area contributed by atoms with Crippen LogP contribution in [-0.4, -0.2) is 96.0 Å². The number of aliphatic hydroxyl groups excluding tert-OH is 3. The molecule has 1 aliphatic heterocycles. The van der Waals surface area contributed by atoms with Crippen LogP contribution in [0.1, 0.15) is 181 Å². The van der Waals surface area contributed by atoms with Crippen molar-refractivity contribution in [3.05, 3.63) is 72.9 Å². The Morgan fingerprint density at radius 1 is 0.547 bits per heavy atom. The van der Waals surface area contributed by atoms with E-state index in [4.69, 9.17) is 18.9 Å². The highest BCUT2D eigenvalue weighted by molar-refractivity contribution is 7.85. The van der Waals surface area contributed by atoms with E-state index in [-0.39, 0.29) is 19.4 Å². The molecule has 6 atom stereocenters. The number of carbonyl (C=O) groups is 2. The first-order valence-electron chi connectivity index (χ1n) is 24.5. The zero-order chi connectivity index (χ0) is 46.9. The van der Waals surface area contributed by atoms with Gasteiger partial charge in [0.05, 0.1) is 6.61 Å². The summed E-state index contributed by atoms with van der Waals surface area (Å²) in [7, 11) is -4.61. The normalized spacial score (nSPS) is 20.2. The molecule has 368 valence electrons. The van der Waals surface area contributed by atoms with E-state index < -0.39 is 71.2 Å². The van der Waals surface area contributed by atoms with Crippen molar-refractivity contribution in [1.82, 2.24) is 0 Å². The molecule has 0 aromatic rings. The summed E-state index contributed by atoms with van der Waals surface area (Å²) in [6.07, 6.45) is 42.2. The van der Waals surface area contributed by atoms with Crippen molar-refractivity contribution >= 4 is 22.1 Å². The molecule has 1 heterocycles. The third-order valence-electron chi connectivity index (χ3n) is 10.8. The van der Waals surface area contributed by atoms with Crippen molar-refractivity contribution in [1.29, 1.82) is 0 Å². The van der Waals surface area contributed by atoms with Crippen molar-refractivity contribution in [3.8, 4) is 0 Å². The number of hydrogen-bond donors (Lipinski definition) is 4. The molecule has 0 spiro atoms. The maximum absolute atomic E-state index is 12.9. The van der Waals surface area contributed by atoms with Crippen LogP contribution in [0.25, 0.3) is 0 Å². The molecular formula is C51H86O12S. The zero-order valence-electron chi connectivity index (χ0n) is 39.4. The van der Waals surface area contributed by atoms with E-state index in [0.717, 1.165) is 77.0 Å². The lowest BCUT2D eigenvalue weighted by atomic mass is 10.00. The fraction of sp³-hybridized carbons (Fsp3) is 0.725. The van der Waals surface area contributed by atoms with Gasteiger partial charge < -0.3 is 34.3 Å². The summed E-state index contributed by atoms with van der Waals surface area (Å²) in [6.45, 7) is 3.61. The fourth-order valence-electron chi connectivity index (χ4n) is 6.99. The molecule has 12 nitrogen and oxygen atoms in total. The minimum Gasteiger partial charge on any atom is -0.462 e. The van der Waals surface area contributed by atoms with Crippen LogP contribution in [0.4, 0.5) is 0 Å². The minimum atomic E-state index is -4.61. The lowest BCUT2D eigenvalue weighted by Gasteiger charge is -2.40. The number of hydrogen-bond acceptors (Lipinski definition) is 11. The lowest BCUT2D eigenvalue weighted by molar-refractivity contribution is -0.297. The molecule has 2 unspecified atom stereocenters. The maximum Gasteiger partial charge on any atom is 0.306 e. The summed E-state index contributed by atoms with van der Waals surface area (Å²) in [4.78, 5) is 25.5. The highest BCUT2D eigenvalue weighted by atomic mass is 32.2. The molecule has 64 heavy (non-hydrogen) atoms. The SMILES string of the molecule is CC/C=C/C/C=C/C/C=C/C/C=C/C/C=C/CCCCCC(=O)OC[C@H](CO[C@H]1O[C@H](CS(=O)(=O)O)[C@@H](O)C(O)C1O)OC(=O)CCCCCCCCCCC/C=C/CCCCCC. The van der Waals surface area contributed by atoms with Gasteiger partial charge in [-0.05, 0) is 83.5 Å². The number of esters is 2. The second kappa shape index (κ2) is 40.4. The van der Waals surface area contributed by atoms with Crippen molar-refractivity contribution < 1.29 is 56.8 Å². The van der Waals surface area contributed by atoms with Crippen LogP contribution in [-0.2, 0) is 38.7 Å². The summed E-state index contributed by atoms with van der Waals surface area (Å²) >= 11 is 0. The van der Waals surface area contributed by atoms with Gasteiger partial charge in [0.25, 0.3) is 10.1 Å². The Labute approximate surface area is 387 Å². The Kier molecular flexibility index (Phi) is 37.3. The van der Waals surface area contributed by atoms with Crippen LogP contribution < -0.4 is 0 Å². The summed E-state index contributed by atoms with van der Waals surface area (Å²) in [5.41, 5.74) is 0. The number of aliphatic hydroxyl groups is 3. The summed E-state index contributed by atoms with van der Waals surface area (Å²) in [6, 6.07) is 0. The number of ether oxygens (including phenoxy) is 4. The first kappa shape index (κ1) is 59.1. The van der Waals surface area contributed by atoms with E-state index in [1.54, 1.807) is 0 Å². The second-order valence-electron chi connectivity index (χ2n) is 16.7. The van der Waals surface area contributed by atoms with Gasteiger partial charge in [0.15, 0.2) is 12.4 Å². The van der Waals surface area contributed by atoms with Crippen molar-refractivity contribution in [2.24, 2.45) is 0 Å². The van der Waals surface area contributed by atoms with E-state index >= 15 is 0 Å². The van der Waals surface area contributed by atoms with Gasteiger partial charge >= 0.3 is 11.9 Å². The lowest BCUT2D eigenvalue weighted by Crippen LogP contribution is -2.60. The van der Waals surface area contributed by atoms with Gasteiger partial charge in [-0.25, -0.2) is 0 Å². The van der Waals surface area contributed by atoms with Crippen LogP contribution in [0.3, 0.4) is 0 Å². The minimum absolute atomic E-state index is 0.151. The third-order valence-corrected chi connectivity index (χ3v) is 11.5. The molecule has 0 bridgehead atoms. The number of unbranched alkanes of at least 4 members (excludes halogenated alkanes) is 16. The second-order valence-corrected chi connectivity index (χ2v) is 18.2. The predicted octanol–water partition coefficient (Wildman–Crippen LogP) is 10.7. The van der Waals surface area contributed by atoms with Crippen LogP contribution in [0.5, 0.6) is 0 Å². The van der Waals surface area contributed by atoms with Gasteiger partial charge in [0.2, 0.25) is 0 Å². The molecule has 1 fully saturated rings. The van der Waals surface area contributed by atoms with E-state index in [2.05, 4.69) is 86.8 Å². The van der Waals surface area contributed by atoms with Gasteiger partial charge in [-0.3, -0.25) is 14.1 Å². The molecule has 0 aliphatic carbocycles. The molecule has 1 rings (SSSR count). The Balaban J connectivity index is 2.44. The van der Waals surface area contributed by atoms with E-state index in [1.807, 2.05) is 0 Å². The van der Waals surface area contributed by atoms with Gasteiger partial charge in [-0.2, -0.15) is 8.42 Å². The van der Waals surface area contributed by atoms with Gasteiger partial charge in [0.1, 0.15) is 36.8 Å². The topological polar surface area (TPSA) is 186 Å². The number of rotatable bonds is 40. The smallest absolute Gasteiger partial charge is 0.306 e. The van der Waals surface area contributed by atoms with Crippen molar-refractivity contribution in [2.45, 2.75) is 218 Å². The van der Waals surface area contributed by atoms with Crippen LogP contribution in [0, 0.1) is 0 Å². The average Bonchev–Trinajstić information content (AvgIpc) is 3.26. The number of carbonyl (C=O) groups excluding carboxylic acids is 2. The molecule has 0 radical (unpaired) electrons. The Hall–Kier alpha value is -2.91. The van der Waals surface area contributed by atoms with Crippen LogP contribution >= 0.6 is 0 Å². The standard InChI is InChI=1S/C51H86O12S/c1-3-5-7-9-11-13-15-17-19-21-22-24-25-27-29-31-33-35-37-39-46(52)60-41-44(42-61-51-50(56)49(55)48(54)45(63-51)43-64(57,58)59)62-47(53)40-38-36-34-32-30-28-26-23-20-18-16-14-12-10-8-6-4-2/h5,7,11,13-14,16-17,19,22,24,27,29,44-45,48-51,54-56H,3-4,6,8-10,12,15,18,20-21,23,25-26,28,30-43H2,1-2H3,(H,57,58,59)/b7-5+,13-11+,16-14+,19-17+,24-22+,29-27+/t44-,45-,48-,49?,50?,51+/m1/s1. The summed E-state index contributed by atoms with van der Waals surface area (Å²) < 4.78 is 54.2. The number of allylic oxidation sites excluding steroid dienone is 12. The van der Waals surface area contributed by atoms with Gasteiger partial charge in [-0.1, -0.05) is 157 Å². The maximum atomic E-state index is 12.9. The third kappa shape index (κ3) is 34.4. The molecular weight excluding hydrogens is 837 g/mol. The molecule has 1 saturated heterocycles. The molecule has 13 heteroatoms. The summed E-state index contributed by atoms with van der Waals surface area (Å²) in [5.74, 6) is -2.03. The Morgan fingerprint density at radius 2 is 0.984 bits per heavy atom. The van der Waals surface area contributed by atoms with E-state index in [1.165, 1.54) is 64.2 Å². The average molecular weight is 923 g/mol. The zero-order valence-corrected chi connectivity index (χ0v) is 40.2. The molecule has 0 aromatic heterocycles. The van der Waals surface area contributed by atoms with Crippen LogP contribution in [0.2, 0.25) is 0 Å². The van der Waals surface area contributed by atoms with Crippen molar-refractivity contribution in [3.63, 3.8) is 0 Å². The molecule has 0 aromatic carbocycles. The van der Waals surface area contributed by atoms with Gasteiger partial charge in [-0.15, -0.1) is 0 Å². The Bertz CT molecular complexity index is 1450. The molecule has 4 N–H and O–H groups in total. The summed E-state index contributed by atoms with van der Waals surface area (Å²) in [5, 5.41) is 30.9. The van der Waals surface area contributed by atoms with Gasteiger partial charge in [0, 0.05) is 12.8 Å².